The lowest BCUT2D eigenvalue weighted by molar-refractivity contribution is -0.115. The van der Waals surface area contributed by atoms with Crippen molar-refractivity contribution >= 4 is 23.5 Å². The SMILES string of the molecule is O=C(Cc1ccc(Oc2ccc(OC3CCCN(C(=O)c4ccccc4)C3)cc2)nc1)Nc1ccccc1C(=O)O. The zero-order chi connectivity index (χ0) is 28.6. The number of hydrogen-bond acceptors (Lipinski definition) is 6. The third-order valence-electron chi connectivity index (χ3n) is 6.63. The third kappa shape index (κ3) is 7.27. The molecule has 1 fully saturated rings. The molecule has 0 aliphatic carbocycles. The number of pyridine rings is 1. The Balaban J connectivity index is 1.12. The van der Waals surface area contributed by atoms with Crippen LogP contribution >= 0.6 is 0 Å². The van der Waals surface area contributed by atoms with Crippen LogP contribution in [0.15, 0.2) is 97.2 Å². The van der Waals surface area contributed by atoms with Gasteiger partial charge in [0.1, 0.15) is 17.6 Å². The fourth-order valence-corrected chi connectivity index (χ4v) is 4.62. The van der Waals surface area contributed by atoms with Gasteiger partial charge < -0.3 is 24.8 Å². The molecule has 9 heteroatoms. The topological polar surface area (TPSA) is 118 Å². The van der Waals surface area contributed by atoms with E-state index in [0.29, 0.717) is 35.1 Å². The highest BCUT2D eigenvalue weighted by atomic mass is 16.5. The molecule has 41 heavy (non-hydrogen) atoms. The first-order valence-corrected chi connectivity index (χ1v) is 13.3. The van der Waals surface area contributed by atoms with Gasteiger partial charge in [-0.1, -0.05) is 36.4 Å². The summed E-state index contributed by atoms with van der Waals surface area (Å²) < 4.78 is 12.0. The minimum Gasteiger partial charge on any atom is -0.489 e. The summed E-state index contributed by atoms with van der Waals surface area (Å²) in [6.45, 7) is 1.25. The molecule has 1 aliphatic heterocycles. The number of ether oxygens (including phenoxy) is 2. The Hall–Kier alpha value is -5.18. The second-order valence-electron chi connectivity index (χ2n) is 9.65. The zero-order valence-corrected chi connectivity index (χ0v) is 22.2. The molecule has 5 rings (SSSR count). The number of carbonyl (C=O) groups excluding carboxylic acids is 2. The lowest BCUT2D eigenvalue weighted by atomic mass is 10.1. The number of carboxylic acids is 1. The first-order chi connectivity index (χ1) is 19.9. The van der Waals surface area contributed by atoms with Gasteiger partial charge >= 0.3 is 5.97 Å². The minimum atomic E-state index is -1.11. The molecule has 0 spiro atoms. The molecular weight excluding hydrogens is 522 g/mol. The van der Waals surface area contributed by atoms with Crippen molar-refractivity contribution in [1.29, 1.82) is 0 Å². The van der Waals surface area contributed by atoms with Gasteiger partial charge in [-0.15, -0.1) is 0 Å². The van der Waals surface area contributed by atoms with Crippen molar-refractivity contribution in [1.82, 2.24) is 9.88 Å². The van der Waals surface area contributed by atoms with Crippen LogP contribution in [0.1, 0.15) is 39.1 Å². The van der Waals surface area contributed by atoms with E-state index in [9.17, 15) is 19.5 Å². The number of aromatic nitrogens is 1. The van der Waals surface area contributed by atoms with E-state index >= 15 is 0 Å². The molecule has 0 saturated carbocycles. The number of amides is 2. The van der Waals surface area contributed by atoms with E-state index in [2.05, 4.69) is 10.3 Å². The van der Waals surface area contributed by atoms with Gasteiger partial charge in [-0.25, -0.2) is 9.78 Å². The number of aromatic carboxylic acids is 1. The Morgan fingerprint density at radius 1 is 0.902 bits per heavy atom. The van der Waals surface area contributed by atoms with E-state index < -0.39 is 5.97 Å². The molecular formula is C32H29N3O6. The van der Waals surface area contributed by atoms with Crippen LogP contribution in [0.3, 0.4) is 0 Å². The van der Waals surface area contributed by atoms with Crippen molar-refractivity contribution in [2.24, 2.45) is 0 Å². The maximum absolute atomic E-state index is 12.8. The number of carbonyl (C=O) groups is 3. The predicted molar refractivity (Wildman–Crippen MR) is 152 cm³/mol. The molecule has 4 aromatic rings. The number of para-hydroxylation sites is 1. The average molecular weight is 552 g/mol. The number of likely N-dealkylation sites (tertiary alicyclic amines) is 1. The van der Waals surface area contributed by atoms with Crippen LogP contribution in [0.4, 0.5) is 5.69 Å². The van der Waals surface area contributed by atoms with Crippen molar-refractivity contribution in [3.05, 3.63) is 114 Å². The first kappa shape index (κ1) is 27.4. The molecule has 1 atom stereocenters. The van der Waals surface area contributed by atoms with Crippen LogP contribution in [-0.2, 0) is 11.2 Å². The molecule has 1 aliphatic rings. The van der Waals surface area contributed by atoms with Gasteiger partial charge in [0.25, 0.3) is 5.91 Å². The maximum atomic E-state index is 12.8. The van der Waals surface area contributed by atoms with Gasteiger partial charge in [0.15, 0.2) is 0 Å². The maximum Gasteiger partial charge on any atom is 0.337 e. The molecule has 9 nitrogen and oxygen atoms in total. The summed E-state index contributed by atoms with van der Waals surface area (Å²) >= 11 is 0. The van der Waals surface area contributed by atoms with E-state index in [1.165, 1.54) is 6.07 Å². The normalized spacial score (nSPS) is 14.6. The fraction of sp³-hybridized carbons (Fsp3) is 0.188. The molecule has 1 saturated heterocycles. The zero-order valence-electron chi connectivity index (χ0n) is 22.2. The van der Waals surface area contributed by atoms with E-state index in [0.717, 1.165) is 19.4 Å². The quantitative estimate of drug-likeness (QED) is 0.285. The van der Waals surface area contributed by atoms with Crippen molar-refractivity contribution in [3.8, 4) is 17.4 Å². The highest BCUT2D eigenvalue weighted by Gasteiger charge is 2.25. The van der Waals surface area contributed by atoms with Gasteiger partial charge in [-0.3, -0.25) is 9.59 Å². The van der Waals surface area contributed by atoms with Gasteiger partial charge in [-0.2, -0.15) is 0 Å². The second-order valence-corrected chi connectivity index (χ2v) is 9.65. The summed E-state index contributed by atoms with van der Waals surface area (Å²) in [5, 5.41) is 11.9. The van der Waals surface area contributed by atoms with Crippen molar-refractivity contribution in [2.45, 2.75) is 25.4 Å². The number of hydrogen-bond donors (Lipinski definition) is 2. The Morgan fingerprint density at radius 3 is 2.37 bits per heavy atom. The van der Waals surface area contributed by atoms with E-state index in [1.54, 1.807) is 48.7 Å². The lowest BCUT2D eigenvalue weighted by Gasteiger charge is -2.33. The molecule has 2 amide bonds. The largest absolute Gasteiger partial charge is 0.489 e. The van der Waals surface area contributed by atoms with Crippen LogP contribution in [0, 0.1) is 0 Å². The lowest BCUT2D eigenvalue weighted by Crippen LogP contribution is -2.44. The van der Waals surface area contributed by atoms with E-state index in [4.69, 9.17) is 9.47 Å². The minimum absolute atomic E-state index is 0.0188. The third-order valence-corrected chi connectivity index (χ3v) is 6.63. The summed E-state index contributed by atoms with van der Waals surface area (Å²) in [6.07, 6.45) is 3.23. The summed E-state index contributed by atoms with van der Waals surface area (Å²) in [4.78, 5) is 42.7. The van der Waals surface area contributed by atoms with Gasteiger partial charge in [0.05, 0.1) is 24.2 Å². The Bertz CT molecular complexity index is 1510. The van der Waals surface area contributed by atoms with E-state index in [-0.39, 0.29) is 35.6 Å². The Labute approximate surface area is 237 Å². The molecule has 3 aromatic carbocycles. The number of nitrogens with one attached hydrogen (secondary N) is 1. The van der Waals surface area contributed by atoms with Crippen LogP contribution in [0.5, 0.6) is 17.4 Å². The molecule has 0 bridgehead atoms. The average Bonchev–Trinajstić information content (AvgIpc) is 2.99. The monoisotopic (exact) mass is 551 g/mol. The first-order valence-electron chi connectivity index (χ1n) is 13.3. The summed E-state index contributed by atoms with van der Waals surface area (Å²) in [6, 6.07) is 26.1. The van der Waals surface area contributed by atoms with Crippen LogP contribution in [0.2, 0.25) is 0 Å². The Kier molecular flexibility index (Phi) is 8.54. The van der Waals surface area contributed by atoms with Crippen molar-refractivity contribution in [2.75, 3.05) is 18.4 Å². The smallest absolute Gasteiger partial charge is 0.337 e. The fourth-order valence-electron chi connectivity index (χ4n) is 4.62. The molecule has 2 heterocycles. The number of benzene rings is 3. The Morgan fingerprint density at radius 2 is 1.63 bits per heavy atom. The molecule has 2 N–H and O–H groups in total. The van der Waals surface area contributed by atoms with E-state index in [1.807, 2.05) is 47.4 Å². The second kappa shape index (κ2) is 12.8. The number of piperidine rings is 1. The van der Waals surface area contributed by atoms with Crippen LogP contribution < -0.4 is 14.8 Å². The molecule has 208 valence electrons. The number of carboxylic acid groups (broad SMARTS) is 1. The van der Waals surface area contributed by atoms with Gasteiger partial charge in [0.2, 0.25) is 11.8 Å². The standard InChI is InChI=1S/C32H29N3O6/c36-29(34-28-11-5-4-10-27(28)32(38)39)19-22-12-17-30(33-20-22)41-25-15-13-24(14-16-25)40-26-9-6-18-35(21-26)31(37)23-7-2-1-3-8-23/h1-5,7-8,10-17,20,26H,6,9,18-19,21H2,(H,34,36)(H,38,39). The number of anilines is 1. The number of rotatable bonds is 9. The van der Waals surface area contributed by atoms with Crippen LogP contribution in [0.25, 0.3) is 0 Å². The summed E-state index contributed by atoms with van der Waals surface area (Å²) in [7, 11) is 0. The van der Waals surface area contributed by atoms with Crippen molar-refractivity contribution in [3.63, 3.8) is 0 Å². The van der Waals surface area contributed by atoms with Crippen LogP contribution in [-0.4, -0.2) is 52.0 Å². The molecule has 1 aromatic heterocycles. The highest BCUT2D eigenvalue weighted by molar-refractivity contribution is 6.01. The molecule has 1 unspecified atom stereocenters. The number of nitrogens with zero attached hydrogens (tertiary/aromatic N) is 2. The predicted octanol–water partition coefficient (Wildman–Crippen LogP) is 5.44. The van der Waals surface area contributed by atoms with Crippen molar-refractivity contribution < 1.29 is 29.0 Å². The van der Waals surface area contributed by atoms with Gasteiger partial charge in [0, 0.05) is 24.4 Å². The summed E-state index contributed by atoms with van der Waals surface area (Å²) in [5.41, 5.74) is 1.60. The molecule has 0 radical (unpaired) electrons. The highest BCUT2D eigenvalue weighted by Crippen LogP contribution is 2.25. The van der Waals surface area contributed by atoms with Gasteiger partial charge in [-0.05, 0) is 66.9 Å². The summed E-state index contributed by atoms with van der Waals surface area (Å²) in [5.74, 6) is 0.182.